The topological polar surface area (TPSA) is 35.2 Å². The Morgan fingerprint density at radius 1 is 1.24 bits per heavy atom. The molecule has 3 heteroatoms. The lowest BCUT2D eigenvalue weighted by Gasteiger charge is -2.11. The van der Waals surface area contributed by atoms with Crippen LogP contribution in [0.15, 0.2) is 24.3 Å². The maximum absolute atomic E-state index is 5.97. The fourth-order valence-electron chi connectivity index (χ4n) is 1.67. The van der Waals surface area contributed by atoms with E-state index < -0.39 is 0 Å². The van der Waals surface area contributed by atoms with Gasteiger partial charge in [0, 0.05) is 0 Å². The molecule has 17 heavy (non-hydrogen) atoms. The summed E-state index contributed by atoms with van der Waals surface area (Å²) in [6, 6.07) is 8.41. The zero-order valence-corrected chi connectivity index (χ0v) is 11.3. The summed E-state index contributed by atoms with van der Waals surface area (Å²) in [6.07, 6.45) is 5.86. The SMILES string of the molecule is CCCCc1ccc(OCC2(N)CC2)cc1.Cl. The lowest BCUT2D eigenvalue weighted by molar-refractivity contribution is 0.279. The summed E-state index contributed by atoms with van der Waals surface area (Å²) in [6.45, 7) is 2.87. The maximum Gasteiger partial charge on any atom is 0.119 e. The predicted molar refractivity (Wildman–Crippen MR) is 73.9 cm³/mol. The molecule has 2 rings (SSSR count). The highest BCUT2D eigenvalue weighted by atomic mass is 35.5. The van der Waals surface area contributed by atoms with Crippen LogP contribution in [-0.2, 0) is 6.42 Å². The molecule has 0 saturated heterocycles. The van der Waals surface area contributed by atoms with E-state index in [1.807, 2.05) is 0 Å². The summed E-state index contributed by atoms with van der Waals surface area (Å²) in [5.74, 6) is 0.942. The van der Waals surface area contributed by atoms with Crippen molar-refractivity contribution >= 4 is 12.4 Å². The fraction of sp³-hybridized carbons (Fsp3) is 0.571. The number of rotatable bonds is 6. The number of hydrogen-bond acceptors (Lipinski definition) is 2. The molecule has 2 N–H and O–H groups in total. The molecule has 0 bridgehead atoms. The minimum absolute atomic E-state index is 0. The molecular weight excluding hydrogens is 234 g/mol. The summed E-state index contributed by atoms with van der Waals surface area (Å²) in [4.78, 5) is 0. The van der Waals surface area contributed by atoms with Crippen molar-refractivity contribution in [1.29, 1.82) is 0 Å². The summed E-state index contributed by atoms with van der Waals surface area (Å²) in [7, 11) is 0. The van der Waals surface area contributed by atoms with Crippen molar-refractivity contribution in [2.45, 2.75) is 44.6 Å². The van der Waals surface area contributed by atoms with Crippen LogP contribution in [0.1, 0.15) is 38.2 Å². The Morgan fingerprint density at radius 3 is 2.41 bits per heavy atom. The van der Waals surface area contributed by atoms with Crippen molar-refractivity contribution in [2.24, 2.45) is 5.73 Å². The van der Waals surface area contributed by atoms with Crippen molar-refractivity contribution < 1.29 is 4.74 Å². The van der Waals surface area contributed by atoms with Gasteiger partial charge in [0.2, 0.25) is 0 Å². The summed E-state index contributed by atoms with van der Waals surface area (Å²) < 4.78 is 5.67. The van der Waals surface area contributed by atoms with Gasteiger partial charge in [-0.2, -0.15) is 0 Å². The molecule has 1 aromatic carbocycles. The monoisotopic (exact) mass is 255 g/mol. The van der Waals surface area contributed by atoms with E-state index in [9.17, 15) is 0 Å². The lowest BCUT2D eigenvalue weighted by Crippen LogP contribution is -2.29. The fourth-order valence-corrected chi connectivity index (χ4v) is 1.67. The molecular formula is C14H22ClNO. The van der Waals surface area contributed by atoms with Gasteiger partial charge < -0.3 is 10.5 Å². The van der Waals surface area contributed by atoms with Gasteiger partial charge >= 0.3 is 0 Å². The second kappa shape index (κ2) is 6.27. The standard InChI is InChI=1S/C14H21NO.ClH/c1-2-3-4-12-5-7-13(8-6-12)16-11-14(15)9-10-14;/h5-8H,2-4,9-11,15H2,1H3;1H. The molecule has 96 valence electrons. The van der Waals surface area contributed by atoms with E-state index >= 15 is 0 Å². The Kier molecular flexibility index (Phi) is 5.29. The number of hydrogen-bond donors (Lipinski definition) is 1. The number of halogens is 1. The van der Waals surface area contributed by atoms with E-state index in [-0.39, 0.29) is 17.9 Å². The van der Waals surface area contributed by atoms with E-state index in [1.165, 1.54) is 18.4 Å². The third-order valence-corrected chi connectivity index (χ3v) is 3.16. The van der Waals surface area contributed by atoms with Gasteiger partial charge in [-0.15, -0.1) is 12.4 Å². The number of nitrogens with two attached hydrogens (primary N) is 1. The first-order chi connectivity index (χ1) is 7.72. The zero-order valence-electron chi connectivity index (χ0n) is 10.4. The molecule has 0 amide bonds. The number of ether oxygens (including phenoxy) is 1. The summed E-state index contributed by atoms with van der Waals surface area (Å²) in [5, 5.41) is 0. The lowest BCUT2D eigenvalue weighted by atomic mass is 10.1. The molecule has 1 aliphatic rings. The van der Waals surface area contributed by atoms with Gasteiger partial charge in [0.25, 0.3) is 0 Å². The Bertz CT molecular complexity index is 333. The van der Waals surface area contributed by atoms with Crippen LogP contribution in [0.5, 0.6) is 5.75 Å². The van der Waals surface area contributed by atoms with Crippen molar-refractivity contribution in [3.8, 4) is 5.75 Å². The van der Waals surface area contributed by atoms with Crippen molar-refractivity contribution in [2.75, 3.05) is 6.61 Å². The molecule has 1 aromatic rings. The van der Waals surface area contributed by atoms with Gasteiger partial charge in [0.05, 0.1) is 5.54 Å². The van der Waals surface area contributed by atoms with Crippen molar-refractivity contribution in [3.63, 3.8) is 0 Å². The van der Waals surface area contributed by atoms with Crippen molar-refractivity contribution in [1.82, 2.24) is 0 Å². The highest BCUT2D eigenvalue weighted by molar-refractivity contribution is 5.85. The minimum Gasteiger partial charge on any atom is -0.492 e. The van der Waals surface area contributed by atoms with Crippen molar-refractivity contribution in [3.05, 3.63) is 29.8 Å². The quantitative estimate of drug-likeness (QED) is 0.846. The minimum atomic E-state index is -0.0269. The van der Waals surface area contributed by atoms with Gasteiger partial charge in [-0.05, 0) is 43.4 Å². The molecule has 0 aromatic heterocycles. The molecule has 0 unspecified atom stereocenters. The summed E-state index contributed by atoms with van der Waals surface area (Å²) >= 11 is 0. The highest BCUT2D eigenvalue weighted by Gasteiger charge is 2.39. The molecule has 0 spiro atoms. The molecule has 1 aliphatic carbocycles. The highest BCUT2D eigenvalue weighted by Crippen LogP contribution is 2.32. The van der Waals surface area contributed by atoms with Gasteiger partial charge in [0.15, 0.2) is 0 Å². The van der Waals surface area contributed by atoms with Gasteiger partial charge in [0.1, 0.15) is 12.4 Å². The van der Waals surface area contributed by atoms with E-state index in [4.69, 9.17) is 10.5 Å². The Labute approximate surface area is 110 Å². The molecule has 1 saturated carbocycles. The Balaban J connectivity index is 0.00000144. The molecule has 0 atom stereocenters. The van der Waals surface area contributed by atoms with Crippen LogP contribution >= 0.6 is 12.4 Å². The smallest absolute Gasteiger partial charge is 0.119 e. The average Bonchev–Trinajstić information content (AvgIpc) is 3.04. The van der Waals surface area contributed by atoms with E-state index in [2.05, 4.69) is 31.2 Å². The third-order valence-electron chi connectivity index (χ3n) is 3.16. The molecule has 0 heterocycles. The van der Waals surface area contributed by atoms with Crippen LogP contribution in [0.4, 0.5) is 0 Å². The van der Waals surface area contributed by atoms with Crippen LogP contribution in [0.3, 0.4) is 0 Å². The largest absolute Gasteiger partial charge is 0.492 e. The van der Waals surface area contributed by atoms with Crippen LogP contribution in [0.25, 0.3) is 0 Å². The second-order valence-electron chi connectivity index (χ2n) is 4.90. The number of aryl methyl sites for hydroxylation is 1. The molecule has 0 radical (unpaired) electrons. The first-order valence-electron chi connectivity index (χ1n) is 6.22. The number of benzene rings is 1. The van der Waals surface area contributed by atoms with Crippen LogP contribution in [-0.4, -0.2) is 12.1 Å². The van der Waals surface area contributed by atoms with E-state index in [0.29, 0.717) is 6.61 Å². The zero-order chi connectivity index (χ0) is 11.4. The normalized spacial score (nSPS) is 16.1. The van der Waals surface area contributed by atoms with Crippen LogP contribution in [0.2, 0.25) is 0 Å². The van der Waals surface area contributed by atoms with Gasteiger partial charge in [-0.1, -0.05) is 25.5 Å². The average molecular weight is 256 g/mol. The predicted octanol–water partition coefficient (Wildman–Crippen LogP) is 3.32. The Morgan fingerprint density at radius 2 is 1.88 bits per heavy atom. The number of unbranched alkanes of at least 4 members (excludes halogenated alkanes) is 1. The summed E-state index contributed by atoms with van der Waals surface area (Å²) in [5.41, 5.74) is 7.33. The second-order valence-corrected chi connectivity index (χ2v) is 4.90. The van der Waals surface area contributed by atoms with E-state index in [0.717, 1.165) is 25.0 Å². The first kappa shape index (κ1) is 14.3. The molecule has 0 aliphatic heterocycles. The molecule has 2 nitrogen and oxygen atoms in total. The van der Waals surface area contributed by atoms with Gasteiger partial charge in [-0.25, -0.2) is 0 Å². The maximum atomic E-state index is 5.97. The van der Waals surface area contributed by atoms with Gasteiger partial charge in [-0.3, -0.25) is 0 Å². The Hall–Kier alpha value is -0.730. The third kappa shape index (κ3) is 4.57. The van der Waals surface area contributed by atoms with E-state index in [1.54, 1.807) is 0 Å². The first-order valence-corrected chi connectivity index (χ1v) is 6.22. The van der Waals surface area contributed by atoms with Crippen LogP contribution in [0, 0.1) is 0 Å². The molecule has 1 fully saturated rings. The van der Waals surface area contributed by atoms with Crippen LogP contribution < -0.4 is 10.5 Å².